The van der Waals surface area contributed by atoms with Gasteiger partial charge in [0.25, 0.3) is 0 Å². The molecule has 1 aromatic rings. The zero-order chi connectivity index (χ0) is 11.5. The Kier molecular flexibility index (Phi) is 3.56. The van der Waals surface area contributed by atoms with Gasteiger partial charge in [-0.1, -0.05) is 18.5 Å². The number of rotatable bonds is 3. The molecule has 0 bridgehead atoms. The van der Waals surface area contributed by atoms with E-state index in [1.165, 1.54) is 0 Å². The number of benzene rings is 1. The number of ether oxygens (including phenoxy) is 2. The van der Waals surface area contributed by atoms with Gasteiger partial charge < -0.3 is 15.2 Å². The third kappa shape index (κ3) is 2.25. The zero-order valence-corrected chi connectivity index (χ0v) is 10.1. The quantitative estimate of drug-likeness (QED) is 0.885. The van der Waals surface area contributed by atoms with Gasteiger partial charge in [-0.25, -0.2) is 0 Å². The average Bonchev–Trinajstić information content (AvgIpc) is 2.28. The standard InChI is InChI=1S/C12H16ClNO2/c1-8(2-3-14)9-6-11-12(7-10(9)13)16-5-4-15-11/h6-8H,2-5,14H2,1H3. The van der Waals surface area contributed by atoms with Crippen LogP contribution < -0.4 is 15.2 Å². The van der Waals surface area contributed by atoms with Gasteiger partial charge in [0.05, 0.1) is 0 Å². The van der Waals surface area contributed by atoms with Crippen LogP contribution in [-0.4, -0.2) is 19.8 Å². The molecular weight excluding hydrogens is 226 g/mol. The Balaban J connectivity index is 2.31. The fourth-order valence-electron chi connectivity index (χ4n) is 1.86. The van der Waals surface area contributed by atoms with E-state index in [0.717, 1.165) is 28.5 Å². The molecule has 0 spiro atoms. The summed E-state index contributed by atoms with van der Waals surface area (Å²) in [5.74, 6) is 1.86. The van der Waals surface area contributed by atoms with Crippen LogP contribution in [0.3, 0.4) is 0 Å². The summed E-state index contributed by atoms with van der Waals surface area (Å²) >= 11 is 6.22. The van der Waals surface area contributed by atoms with Crippen molar-refractivity contribution >= 4 is 11.6 Å². The van der Waals surface area contributed by atoms with Crippen molar-refractivity contribution in [1.29, 1.82) is 0 Å². The van der Waals surface area contributed by atoms with E-state index >= 15 is 0 Å². The molecule has 2 N–H and O–H groups in total. The van der Waals surface area contributed by atoms with Crippen molar-refractivity contribution in [3.8, 4) is 11.5 Å². The SMILES string of the molecule is CC(CCN)c1cc2c(cc1Cl)OCCO2. The van der Waals surface area contributed by atoms with Crippen LogP contribution in [0.2, 0.25) is 5.02 Å². The zero-order valence-electron chi connectivity index (χ0n) is 9.33. The van der Waals surface area contributed by atoms with Gasteiger partial charge in [-0.15, -0.1) is 0 Å². The van der Waals surface area contributed by atoms with Crippen molar-refractivity contribution in [2.45, 2.75) is 19.3 Å². The number of nitrogens with two attached hydrogens (primary N) is 1. The second-order valence-corrected chi connectivity index (χ2v) is 4.40. The molecule has 1 atom stereocenters. The highest BCUT2D eigenvalue weighted by Gasteiger charge is 2.17. The van der Waals surface area contributed by atoms with E-state index in [1.807, 2.05) is 12.1 Å². The number of hydrogen-bond acceptors (Lipinski definition) is 3. The number of halogens is 1. The smallest absolute Gasteiger partial charge is 0.162 e. The molecule has 0 aromatic heterocycles. The molecule has 0 aliphatic carbocycles. The van der Waals surface area contributed by atoms with Crippen LogP contribution >= 0.6 is 11.6 Å². The van der Waals surface area contributed by atoms with Crippen molar-refractivity contribution in [3.05, 3.63) is 22.7 Å². The van der Waals surface area contributed by atoms with Crippen LogP contribution in [-0.2, 0) is 0 Å². The van der Waals surface area contributed by atoms with Gasteiger partial charge in [-0.2, -0.15) is 0 Å². The molecule has 1 aliphatic rings. The van der Waals surface area contributed by atoms with Gasteiger partial charge in [0.2, 0.25) is 0 Å². The van der Waals surface area contributed by atoms with E-state index in [4.69, 9.17) is 26.8 Å². The van der Waals surface area contributed by atoms with Crippen molar-refractivity contribution in [2.24, 2.45) is 5.73 Å². The van der Waals surface area contributed by atoms with E-state index < -0.39 is 0 Å². The molecule has 0 amide bonds. The lowest BCUT2D eigenvalue weighted by Crippen LogP contribution is -2.16. The van der Waals surface area contributed by atoms with E-state index in [0.29, 0.717) is 25.7 Å². The highest BCUT2D eigenvalue weighted by Crippen LogP contribution is 2.38. The van der Waals surface area contributed by atoms with Gasteiger partial charge in [-0.3, -0.25) is 0 Å². The lowest BCUT2D eigenvalue weighted by molar-refractivity contribution is 0.171. The maximum atomic E-state index is 6.22. The first-order valence-electron chi connectivity index (χ1n) is 5.51. The molecule has 0 saturated carbocycles. The molecular formula is C12H16ClNO2. The lowest BCUT2D eigenvalue weighted by atomic mass is 9.97. The average molecular weight is 242 g/mol. The van der Waals surface area contributed by atoms with Crippen molar-refractivity contribution in [3.63, 3.8) is 0 Å². The monoisotopic (exact) mass is 241 g/mol. The van der Waals surface area contributed by atoms with Crippen LogP contribution in [0.15, 0.2) is 12.1 Å². The molecule has 16 heavy (non-hydrogen) atoms. The van der Waals surface area contributed by atoms with Gasteiger partial charge in [0, 0.05) is 11.1 Å². The first-order valence-corrected chi connectivity index (χ1v) is 5.89. The minimum Gasteiger partial charge on any atom is -0.486 e. The Morgan fingerprint density at radius 1 is 1.31 bits per heavy atom. The Morgan fingerprint density at radius 3 is 2.56 bits per heavy atom. The van der Waals surface area contributed by atoms with Gasteiger partial charge in [0.1, 0.15) is 13.2 Å². The first-order chi connectivity index (χ1) is 7.72. The summed E-state index contributed by atoms with van der Waals surface area (Å²) in [7, 11) is 0. The Hall–Kier alpha value is -0.930. The summed E-state index contributed by atoms with van der Waals surface area (Å²) < 4.78 is 11.0. The van der Waals surface area contributed by atoms with E-state index in [-0.39, 0.29) is 0 Å². The fourth-order valence-corrected chi connectivity index (χ4v) is 2.20. The van der Waals surface area contributed by atoms with E-state index in [9.17, 15) is 0 Å². The van der Waals surface area contributed by atoms with Crippen molar-refractivity contribution < 1.29 is 9.47 Å². The van der Waals surface area contributed by atoms with Crippen LogP contribution in [0.4, 0.5) is 0 Å². The largest absolute Gasteiger partial charge is 0.486 e. The van der Waals surface area contributed by atoms with Gasteiger partial charge >= 0.3 is 0 Å². The second-order valence-electron chi connectivity index (χ2n) is 4.00. The Morgan fingerprint density at radius 2 is 1.94 bits per heavy atom. The Labute approximate surface area is 100 Å². The molecule has 0 fully saturated rings. The maximum Gasteiger partial charge on any atom is 0.162 e. The fraction of sp³-hybridized carbons (Fsp3) is 0.500. The molecule has 3 nitrogen and oxygen atoms in total. The Bertz CT molecular complexity index is 382. The number of fused-ring (bicyclic) bond motifs is 1. The molecule has 1 aromatic carbocycles. The topological polar surface area (TPSA) is 44.5 Å². The highest BCUT2D eigenvalue weighted by molar-refractivity contribution is 6.31. The van der Waals surface area contributed by atoms with Gasteiger partial charge in [0.15, 0.2) is 11.5 Å². The normalized spacial score (nSPS) is 15.9. The molecule has 1 heterocycles. The third-order valence-electron chi connectivity index (χ3n) is 2.79. The molecule has 88 valence electrons. The highest BCUT2D eigenvalue weighted by atomic mass is 35.5. The minimum atomic E-state index is 0.341. The van der Waals surface area contributed by atoms with Crippen LogP contribution in [0.1, 0.15) is 24.8 Å². The summed E-state index contributed by atoms with van der Waals surface area (Å²) in [4.78, 5) is 0. The second kappa shape index (κ2) is 4.93. The summed E-state index contributed by atoms with van der Waals surface area (Å²) in [6.07, 6.45) is 0.916. The molecule has 2 rings (SSSR count). The van der Waals surface area contributed by atoms with E-state index in [2.05, 4.69) is 6.92 Å². The van der Waals surface area contributed by atoms with E-state index in [1.54, 1.807) is 0 Å². The third-order valence-corrected chi connectivity index (χ3v) is 3.12. The molecule has 0 radical (unpaired) electrons. The molecule has 0 saturated heterocycles. The van der Waals surface area contributed by atoms with Crippen LogP contribution in [0.5, 0.6) is 11.5 Å². The van der Waals surface area contributed by atoms with Crippen molar-refractivity contribution in [2.75, 3.05) is 19.8 Å². The minimum absolute atomic E-state index is 0.341. The predicted molar refractivity (Wildman–Crippen MR) is 64.5 cm³/mol. The first kappa shape index (κ1) is 11.6. The molecule has 1 unspecified atom stereocenters. The lowest BCUT2D eigenvalue weighted by Gasteiger charge is -2.21. The molecule has 4 heteroatoms. The summed E-state index contributed by atoms with van der Waals surface area (Å²) in [5, 5.41) is 0.727. The van der Waals surface area contributed by atoms with Crippen LogP contribution in [0.25, 0.3) is 0 Å². The summed E-state index contributed by atoms with van der Waals surface area (Å²) in [5.41, 5.74) is 6.64. The van der Waals surface area contributed by atoms with Crippen LogP contribution in [0, 0.1) is 0 Å². The predicted octanol–water partition coefficient (Wildman–Crippen LogP) is 2.56. The summed E-state index contributed by atoms with van der Waals surface area (Å²) in [6.45, 7) is 3.95. The molecule has 1 aliphatic heterocycles. The van der Waals surface area contributed by atoms with Gasteiger partial charge in [-0.05, 0) is 30.5 Å². The number of hydrogen-bond donors (Lipinski definition) is 1. The van der Waals surface area contributed by atoms with Crippen molar-refractivity contribution in [1.82, 2.24) is 0 Å². The summed E-state index contributed by atoms with van der Waals surface area (Å²) in [6, 6.07) is 3.80. The maximum absolute atomic E-state index is 6.22.